The van der Waals surface area contributed by atoms with E-state index < -0.39 is 6.10 Å². The maximum Gasteiger partial charge on any atom is 0.265 e. The van der Waals surface area contributed by atoms with E-state index in [1.54, 1.807) is 35.2 Å². The summed E-state index contributed by atoms with van der Waals surface area (Å²) in [6, 6.07) is 10.5. The number of anilines is 1. The van der Waals surface area contributed by atoms with Crippen LogP contribution in [0.3, 0.4) is 0 Å². The molecule has 5 nitrogen and oxygen atoms in total. The van der Waals surface area contributed by atoms with E-state index >= 15 is 0 Å². The first kappa shape index (κ1) is 15.7. The van der Waals surface area contributed by atoms with Crippen LogP contribution in [-0.2, 0) is 0 Å². The van der Waals surface area contributed by atoms with Gasteiger partial charge in [0.15, 0.2) is 0 Å². The lowest BCUT2D eigenvalue weighted by Crippen LogP contribution is -2.42. The molecule has 0 saturated carbocycles. The Morgan fingerprint density at radius 1 is 1.26 bits per heavy atom. The van der Waals surface area contributed by atoms with Crippen LogP contribution in [-0.4, -0.2) is 41.0 Å². The Labute approximate surface area is 138 Å². The largest absolute Gasteiger partial charge is 0.391 e. The van der Waals surface area contributed by atoms with Crippen molar-refractivity contribution in [1.29, 1.82) is 0 Å². The molecule has 0 aliphatic carbocycles. The maximum atomic E-state index is 12.5. The number of carbonyl (C=O) groups is 2. The minimum atomic E-state index is -0.450. The number of β-amino-alcohol motifs (C(OH)–C–C–N with tert-alkyl or cyclic N) is 1. The van der Waals surface area contributed by atoms with Gasteiger partial charge in [-0.15, -0.1) is 11.3 Å². The highest BCUT2D eigenvalue weighted by molar-refractivity contribution is 7.12. The molecule has 0 spiro atoms. The van der Waals surface area contributed by atoms with Gasteiger partial charge in [0.05, 0.1) is 11.0 Å². The highest BCUT2D eigenvalue weighted by atomic mass is 32.1. The number of amides is 2. The van der Waals surface area contributed by atoms with Gasteiger partial charge in [-0.05, 0) is 42.5 Å². The number of nitrogens with zero attached hydrogens (tertiary/aromatic N) is 1. The summed E-state index contributed by atoms with van der Waals surface area (Å²) in [5, 5.41) is 14.4. The molecule has 3 rings (SSSR count). The average Bonchev–Trinajstić information content (AvgIpc) is 3.09. The van der Waals surface area contributed by atoms with Crippen molar-refractivity contribution >= 4 is 28.8 Å². The van der Waals surface area contributed by atoms with Crippen LogP contribution in [0, 0.1) is 0 Å². The van der Waals surface area contributed by atoms with Gasteiger partial charge < -0.3 is 15.3 Å². The number of thiophene rings is 1. The molecule has 1 saturated heterocycles. The van der Waals surface area contributed by atoms with Gasteiger partial charge in [0.2, 0.25) is 0 Å². The molecule has 1 atom stereocenters. The lowest BCUT2D eigenvalue weighted by molar-refractivity contribution is 0.0474. The average molecular weight is 330 g/mol. The van der Waals surface area contributed by atoms with Crippen LogP contribution in [0.15, 0.2) is 41.8 Å². The molecule has 2 heterocycles. The van der Waals surface area contributed by atoms with Crippen LogP contribution >= 0.6 is 11.3 Å². The monoisotopic (exact) mass is 330 g/mol. The Morgan fingerprint density at radius 3 is 2.87 bits per heavy atom. The molecule has 0 radical (unpaired) electrons. The number of benzene rings is 1. The lowest BCUT2D eigenvalue weighted by atomic mass is 10.1. The summed E-state index contributed by atoms with van der Waals surface area (Å²) in [7, 11) is 0. The quantitative estimate of drug-likeness (QED) is 0.909. The second kappa shape index (κ2) is 6.93. The third-order valence-corrected chi connectivity index (χ3v) is 4.66. The van der Waals surface area contributed by atoms with Gasteiger partial charge in [-0.3, -0.25) is 9.59 Å². The van der Waals surface area contributed by atoms with E-state index in [0.717, 1.165) is 12.8 Å². The van der Waals surface area contributed by atoms with Gasteiger partial charge in [-0.1, -0.05) is 12.1 Å². The Kier molecular flexibility index (Phi) is 4.73. The molecular formula is C17H18N2O3S. The second-order valence-electron chi connectivity index (χ2n) is 5.56. The number of nitrogens with one attached hydrogen (secondary N) is 1. The molecular weight excluding hydrogens is 312 g/mol. The normalized spacial score (nSPS) is 17.8. The Morgan fingerprint density at radius 2 is 2.13 bits per heavy atom. The lowest BCUT2D eigenvalue weighted by Gasteiger charge is -2.30. The van der Waals surface area contributed by atoms with E-state index in [1.807, 2.05) is 11.4 Å². The molecule has 6 heteroatoms. The maximum absolute atomic E-state index is 12.5. The zero-order chi connectivity index (χ0) is 16.2. The van der Waals surface area contributed by atoms with E-state index in [-0.39, 0.29) is 11.8 Å². The van der Waals surface area contributed by atoms with E-state index in [4.69, 9.17) is 0 Å². The standard InChI is InChI=1S/C17H18N2O3S/c20-14-6-2-8-19(11-14)17(22)12-4-1-5-13(10-12)18-16(21)15-7-3-9-23-15/h1,3-5,7,9-10,14,20H,2,6,8,11H2,(H,18,21). The summed E-state index contributed by atoms with van der Waals surface area (Å²) in [6.45, 7) is 1.02. The summed E-state index contributed by atoms with van der Waals surface area (Å²) in [5.41, 5.74) is 1.11. The fourth-order valence-electron chi connectivity index (χ4n) is 2.65. The van der Waals surface area contributed by atoms with Gasteiger partial charge >= 0.3 is 0 Å². The van der Waals surface area contributed by atoms with Gasteiger partial charge in [0, 0.05) is 24.3 Å². The molecule has 23 heavy (non-hydrogen) atoms. The fraction of sp³-hybridized carbons (Fsp3) is 0.294. The van der Waals surface area contributed by atoms with Crippen molar-refractivity contribution in [2.75, 3.05) is 18.4 Å². The number of carbonyl (C=O) groups excluding carboxylic acids is 2. The molecule has 1 aromatic carbocycles. The summed E-state index contributed by atoms with van der Waals surface area (Å²) in [6.07, 6.45) is 1.09. The number of likely N-dealkylation sites (tertiary alicyclic amines) is 1. The molecule has 2 aromatic rings. The number of piperidine rings is 1. The SMILES string of the molecule is O=C(Nc1cccc(C(=O)N2CCCC(O)C2)c1)c1cccs1. The third kappa shape index (κ3) is 3.78. The first-order valence-corrected chi connectivity index (χ1v) is 8.44. The van der Waals surface area contributed by atoms with Gasteiger partial charge in [-0.25, -0.2) is 0 Å². The van der Waals surface area contributed by atoms with Gasteiger partial charge in [0.25, 0.3) is 11.8 Å². The van der Waals surface area contributed by atoms with Crippen molar-refractivity contribution in [3.05, 3.63) is 52.2 Å². The Bertz CT molecular complexity index is 700. The summed E-state index contributed by atoms with van der Waals surface area (Å²) in [4.78, 5) is 26.9. The highest BCUT2D eigenvalue weighted by Crippen LogP contribution is 2.18. The zero-order valence-electron chi connectivity index (χ0n) is 12.6. The van der Waals surface area contributed by atoms with E-state index in [2.05, 4.69) is 5.32 Å². The molecule has 1 aliphatic heterocycles. The Hall–Kier alpha value is -2.18. The van der Waals surface area contributed by atoms with Crippen molar-refractivity contribution < 1.29 is 14.7 Å². The van der Waals surface area contributed by atoms with Crippen molar-refractivity contribution in [1.82, 2.24) is 4.90 Å². The minimum Gasteiger partial charge on any atom is -0.391 e. The van der Waals surface area contributed by atoms with Crippen LogP contribution in [0.2, 0.25) is 0 Å². The van der Waals surface area contributed by atoms with Crippen molar-refractivity contribution in [3.8, 4) is 0 Å². The Balaban J connectivity index is 1.72. The predicted octanol–water partition coefficient (Wildman–Crippen LogP) is 2.60. The number of aliphatic hydroxyl groups excluding tert-OH is 1. The van der Waals surface area contributed by atoms with Crippen LogP contribution in [0.4, 0.5) is 5.69 Å². The number of aliphatic hydroxyl groups is 1. The summed E-state index contributed by atoms with van der Waals surface area (Å²) >= 11 is 1.37. The second-order valence-corrected chi connectivity index (χ2v) is 6.51. The minimum absolute atomic E-state index is 0.115. The molecule has 1 fully saturated rings. The molecule has 1 aliphatic rings. The number of hydrogen-bond acceptors (Lipinski definition) is 4. The van der Waals surface area contributed by atoms with E-state index in [1.165, 1.54) is 11.3 Å². The van der Waals surface area contributed by atoms with Crippen LogP contribution in [0.25, 0.3) is 0 Å². The third-order valence-electron chi connectivity index (χ3n) is 3.80. The smallest absolute Gasteiger partial charge is 0.265 e. The molecule has 2 N–H and O–H groups in total. The topological polar surface area (TPSA) is 69.6 Å². The number of hydrogen-bond donors (Lipinski definition) is 2. The van der Waals surface area contributed by atoms with E-state index in [9.17, 15) is 14.7 Å². The van der Waals surface area contributed by atoms with Gasteiger partial charge in [-0.2, -0.15) is 0 Å². The molecule has 0 bridgehead atoms. The van der Waals surface area contributed by atoms with Crippen LogP contribution in [0.5, 0.6) is 0 Å². The fourth-order valence-corrected chi connectivity index (χ4v) is 3.27. The summed E-state index contributed by atoms with van der Waals surface area (Å²) < 4.78 is 0. The zero-order valence-corrected chi connectivity index (χ0v) is 13.4. The van der Waals surface area contributed by atoms with Crippen LogP contribution in [0.1, 0.15) is 32.9 Å². The van der Waals surface area contributed by atoms with E-state index in [0.29, 0.717) is 29.2 Å². The first-order chi connectivity index (χ1) is 11.1. The number of rotatable bonds is 3. The first-order valence-electron chi connectivity index (χ1n) is 7.56. The molecule has 1 unspecified atom stereocenters. The van der Waals surface area contributed by atoms with Crippen molar-refractivity contribution in [2.45, 2.75) is 18.9 Å². The predicted molar refractivity (Wildman–Crippen MR) is 89.9 cm³/mol. The van der Waals surface area contributed by atoms with Crippen LogP contribution < -0.4 is 5.32 Å². The van der Waals surface area contributed by atoms with Crippen molar-refractivity contribution in [3.63, 3.8) is 0 Å². The molecule has 1 aromatic heterocycles. The molecule has 2 amide bonds. The highest BCUT2D eigenvalue weighted by Gasteiger charge is 2.23. The molecule has 120 valence electrons. The summed E-state index contributed by atoms with van der Waals surface area (Å²) in [5.74, 6) is -0.297. The van der Waals surface area contributed by atoms with Gasteiger partial charge in [0.1, 0.15) is 0 Å². The van der Waals surface area contributed by atoms with Crippen molar-refractivity contribution in [2.24, 2.45) is 0 Å².